The van der Waals surface area contributed by atoms with Crippen molar-refractivity contribution in [2.75, 3.05) is 20.1 Å². The average Bonchev–Trinajstić information content (AvgIpc) is 2.37. The van der Waals surface area contributed by atoms with Gasteiger partial charge in [-0.15, -0.1) is 12.4 Å². The SMILES string of the molecule is CCN(Cc1ccccc1)C(=O)CCCNC.Cl. The Bertz CT molecular complexity index is 330. The minimum Gasteiger partial charge on any atom is -0.339 e. The molecule has 1 aromatic carbocycles. The van der Waals surface area contributed by atoms with Gasteiger partial charge >= 0.3 is 0 Å². The van der Waals surface area contributed by atoms with Gasteiger partial charge in [-0.25, -0.2) is 0 Å². The zero-order valence-electron chi connectivity index (χ0n) is 11.2. The Morgan fingerprint density at radius 2 is 1.94 bits per heavy atom. The van der Waals surface area contributed by atoms with Crippen LogP contribution in [0.2, 0.25) is 0 Å². The molecule has 102 valence electrons. The number of halogens is 1. The molecule has 0 spiro atoms. The molecule has 0 aliphatic rings. The van der Waals surface area contributed by atoms with Crippen molar-refractivity contribution < 1.29 is 4.79 Å². The molecule has 1 N–H and O–H groups in total. The van der Waals surface area contributed by atoms with Gasteiger partial charge in [-0.3, -0.25) is 4.79 Å². The summed E-state index contributed by atoms with van der Waals surface area (Å²) in [6.45, 7) is 4.41. The van der Waals surface area contributed by atoms with E-state index in [0.717, 1.165) is 26.1 Å². The first-order valence-electron chi connectivity index (χ1n) is 6.24. The topological polar surface area (TPSA) is 32.3 Å². The Morgan fingerprint density at radius 1 is 1.28 bits per heavy atom. The van der Waals surface area contributed by atoms with E-state index in [1.54, 1.807) is 0 Å². The highest BCUT2D eigenvalue weighted by Crippen LogP contribution is 2.06. The van der Waals surface area contributed by atoms with Crippen LogP contribution in [0.15, 0.2) is 30.3 Å². The Labute approximate surface area is 116 Å². The lowest BCUT2D eigenvalue weighted by molar-refractivity contribution is -0.131. The normalized spacial score (nSPS) is 9.67. The molecule has 1 aromatic rings. The zero-order valence-corrected chi connectivity index (χ0v) is 12.0. The fourth-order valence-corrected chi connectivity index (χ4v) is 1.75. The number of hydrogen-bond acceptors (Lipinski definition) is 2. The third-order valence-corrected chi connectivity index (χ3v) is 2.77. The fraction of sp³-hybridized carbons (Fsp3) is 0.500. The largest absolute Gasteiger partial charge is 0.339 e. The van der Waals surface area contributed by atoms with Gasteiger partial charge in [-0.05, 0) is 32.5 Å². The van der Waals surface area contributed by atoms with Crippen LogP contribution < -0.4 is 5.32 Å². The van der Waals surface area contributed by atoms with Crippen molar-refractivity contribution >= 4 is 18.3 Å². The van der Waals surface area contributed by atoms with Crippen molar-refractivity contribution in [3.8, 4) is 0 Å². The van der Waals surface area contributed by atoms with Crippen LogP contribution in [0.5, 0.6) is 0 Å². The van der Waals surface area contributed by atoms with E-state index in [0.29, 0.717) is 6.42 Å². The maximum atomic E-state index is 12.0. The molecule has 0 unspecified atom stereocenters. The minimum atomic E-state index is 0. The molecule has 1 rings (SSSR count). The lowest BCUT2D eigenvalue weighted by Crippen LogP contribution is -2.30. The lowest BCUT2D eigenvalue weighted by Gasteiger charge is -2.21. The first kappa shape index (κ1) is 16.9. The number of benzene rings is 1. The predicted molar refractivity (Wildman–Crippen MR) is 77.9 cm³/mol. The molecule has 0 aliphatic carbocycles. The van der Waals surface area contributed by atoms with Gasteiger partial charge in [0.15, 0.2) is 0 Å². The Morgan fingerprint density at radius 3 is 2.50 bits per heavy atom. The van der Waals surface area contributed by atoms with Crippen molar-refractivity contribution in [3.05, 3.63) is 35.9 Å². The number of hydrogen-bond donors (Lipinski definition) is 1. The van der Waals surface area contributed by atoms with E-state index in [2.05, 4.69) is 17.4 Å². The summed E-state index contributed by atoms with van der Waals surface area (Å²) in [6, 6.07) is 10.1. The number of nitrogens with one attached hydrogen (secondary N) is 1. The van der Waals surface area contributed by atoms with Crippen LogP contribution in [0.25, 0.3) is 0 Å². The van der Waals surface area contributed by atoms with Gasteiger partial charge in [0.25, 0.3) is 0 Å². The molecule has 0 atom stereocenters. The van der Waals surface area contributed by atoms with E-state index in [4.69, 9.17) is 0 Å². The van der Waals surface area contributed by atoms with Gasteiger partial charge in [0.05, 0.1) is 0 Å². The van der Waals surface area contributed by atoms with Gasteiger partial charge in [0, 0.05) is 19.5 Å². The van der Waals surface area contributed by atoms with Crippen molar-refractivity contribution in [1.29, 1.82) is 0 Å². The molecular weight excluding hydrogens is 248 g/mol. The summed E-state index contributed by atoms with van der Waals surface area (Å²) in [6.07, 6.45) is 1.53. The number of amides is 1. The third-order valence-electron chi connectivity index (χ3n) is 2.77. The van der Waals surface area contributed by atoms with Gasteiger partial charge in [-0.2, -0.15) is 0 Å². The van der Waals surface area contributed by atoms with Crippen LogP contribution in [0.3, 0.4) is 0 Å². The van der Waals surface area contributed by atoms with Crippen molar-refractivity contribution in [2.24, 2.45) is 0 Å². The Hall–Kier alpha value is -1.06. The average molecular weight is 271 g/mol. The van der Waals surface area contributed by atoms with Gasteiger partial charge < -0.3 is 10.2 Å². The fourth-order valence-electron chi connectivity index (χ4n) is 1.75. The van der Waals surface area contributed by atoms with E-state index in [1.807, 2.05) is 37.1 Å². The van der Waals surface area contributed by atoms with Crippen LogP contribution in [0.4, 0.5) is 0 Å². The molecule has 0 aromatic heterocycles. The molecule has 18 heavy (non-hydrogen) atoms. The molecule has 4 heteroatoms. The van der Waals surface area contributed by atoms with Gasteiger partial charge in [-0.1, -0.05) is 30.3 Å². The smallest absolute Gasteiger partial charge is 0.222 e. The highest BCUT2D eigenvalue weighted by atomic mass is 35.5. The van der Waals surface area contributed by atoms with Crippen molar-refractivity contribution in [2.45, 2.75) is 26.3 Å². The molecule has 0 fully saturated rings. The molecule has 0 heterocycles. The van der Waals surface area contributed by atoms with Crippen molar-refractivity contribution in [1.82, 2.24) is 10.2 Å². The molecule has 1 amide bonds. The van der Waals surface area contributed by atoms with Crippen LogP contribution >= 0.6 is 12.4 Å². The number of nitrogens with zero attached hydrogens (tertiary/aromatic N) is 1. The molecule has 0 aliphatic heterocycles. The van der Waals surface area contributed by atoms with E-state index in [-0.39, 0.29) is 18.3 Å². The van der Waals surface area contributed by atoms with Crippen LogP contribution in [0.1, 0.15) is 25.3 Å². The highest BCUT2D eigenvalue weighted by Gasteiger charge is 2.11. The summed E-state index contributed by atoms with van der Waals surface area (Å²) in [7, 11) is 1.91. The maximum Gasteiger partial charge on any atom is 0.222 e. The molecule has 0 saturated carbocycles. The predicted octanol–water partition coefficient (Wildman–Crippen LogP) is 2.46. The highest BCUT2D eigenvalue weighted by molar-refractivity contribution is 5.85. The van der Waals surface area contributed by atoms with E-state index >= 15 is 0 Å². The first-order chi connectivity index (χ1) is 8.27. The molecule has 0 radical (unpaired) electrons. The second-order valence-corrected chi connectivity index (χ2v) is 4.10. The van der Waals surface area contributed by atoms with Crippen LogP contribution in [-0.2, 0) is 11.3 Å². The second-order valence-electron chi connectivity index (χ2n) is 4.10. The zero-order chi connectivity index (χ0) is 12.5. The van der Waals surface area contributed by atoms with E-state index in [9.17, 15) is 4.79 Å². The molecular formula is C14H23ClN2O. The van der Waals surface area contributed by atoms with Crippen LogP contribution in [-0.4, -0.2) is 30.9 Å². The number of rotatable bonds is 7. The summed E-state index contributed by atoms with van der Waals surface area (Å²) in [4.78, 5) is 13.9. The van der Waals surface area contributed by atoms with Gasteiger partial charge in [0.1, 0.15) is 0 Å². The monoisotopic (exact) mass is 270 g/mol. The minimum absolute atomic E-state index is 0. The Balaban J connectivity index is 0.00000289. The van der Waals surface area contributed by atoms with E-state index < -0.39 is 0 Å². The summed E-state index contributed by atoms with van der Waals surface area (Å²) in [5, 5.41) is 3.06. The standard InChI is InChI=1S/C14H22N2O.ClH/c1-3-16(14(17)10-7-11-15-2)12-13-8-5-4-6-9-13;/h4-6,8-9,15H,3,7,10-12H2,1-2H3;1H. The summed E-state index contributed by atoms with van der Waals surface area (Å²) >= 11 is 0. The van der Waals surface area contributed by atoms with E-state index in [1.165, 1.54) is 5.56 Å². The summed E-state index contributed by atoms with van der Waals surface area (Å²) < 4.78 is 0. The third kappa shape index (κ3) is 6.03. The van der Waals surface area contributed by atoms with Crippen LogP contribution in [0, 0.1) is 0 Å². The lowest BCUT2D eigenvalue weighted by atomic mass is 10.2. The molecule has 0 bridgehead atoms. The Kier molecular flexibility index (Phi) is 9.33. The quantitative estimate of drug-likeness (QED) is 0.772. The molecule has 0 saturated heterocycles. The summed E-state index contributed by atoms with van der Waals surface area (Å²) in [5.41, 5.74) is 1.19. The maximum absolute atomic E-state index is 12.0. The number of carbonyl (C=O) groups is 1. The second kappa shape index (κ2) is 9.92. The molecule has 3 nitrogen and oxygen atoms in total. The summed E-state index contributed by atoms with van der Waals surface area (Å²) in [5.74, 6) is 0.242. The first-order valence-corrected chi connectivity index (χ1v) is 6.24. The van der Waals surface area contributed by atoms with Crippen molar-refractivity contribution in [3.63, 3.8) is 0 Å². The number of carbonyl (C=O) groups excluding carboxylic acids is 1. The van der Waals surface area contributed by atoms with Gasteiger partial charge in [0.2, 0.25) is 5.91 Å².